The third kappa shape index (κ3) is 4.79. The van der Waals surface area contributed by atoms with Crippen molar-refractivity contribution in [1.29, 1.82) is 0 Å². The lowest BCUT2D eigenvalue weighted by Gasteiger charge is -2.30. The number of carbonyl (C=O) groups is 1. The molecule has 0 radical (unpaired) electrons. The summed E-state index contributed by atoms with van der Waals surface area (Å²) < 4.78 is 34.5. The van der Waals surface area contributed by atoms with Crippen LogP contribution >= 0.6 is 0 Å². The lowest BCUT2D eigenvalue weighted by molar-refractivity contribution is 0.0972. The number of fused-ring (bicyclic) bond motifs is 1. The highest BCUT2D eigenvalue weighted by Crippen LogP contribution is 2.33. The average Bonchev–Trinajstić information content (AvgIpc) is 3.21. The number of nitrogens with two attached hydrogens (primary N) is 1. The number of carbonyl (C=O) groups excluding carboxylic acids is 1. The number of methoxy groups -OCH3 is 2. The first-order valence-corrected chi connectivity index (χ1v) is 11.8. The maximum absolute atomic E-state index is 13.2. The second-order valence-electron chi connectivity index (χ2n) is 8.35. The maximum Gasteiger partial charge on any atom is 0.356 e. The predicted octanol–water partition coefficient (Wildman–Crippen LogP) is 2.71. The zero-order chi connectivity index (χ0) is 24.5. The van der Waals surface area contributed by atoms with Crippen LogP contribution in [0.3, 0.4) is 0 Å². The lowest BCUT2D eigenvalue weighted by Crippen LogP contribution is -2.33. The van der Waals surface area contributed by atoms with E-state index in [2.05, 4.69) is 24.7 Å². The third-order valence-corrected chi connectivity index (χ3v) is 6.38. The van der Waals surface area contributed by atoms with Crippen LogP contribution in [-0.4, -0.2) is 50.8 Å². The molecular formula is C21H25N7O5S. The molecule has 4 rings (SSSR count). The maximum atomic E-state index is 13.2. The van der Waals surface area contributed by atoms with Crippen molar-refractivity contribution in [2.75, 3.05) is 26.1 Å². The monoisotopic (exact) mass is 487 g/mol. The van der Waals surface area contributed by atoms with E-state index in [1.807, 2.05) is 13.8 Å². The van der Waals surface area contributed by atoms with E-state index >= 15 is 0 Å². The molecule has 180 valence electrons. The van der Waals surface area contributed by atoms with Gasteiger partial charge in [-0.1, -0.05) is 13.8 Å². The first-order valence-electron chi connectivity index (χ1n) is 10.2. The van der Waals surface area contributed by atoms with Crippen LogP contribution in [0.1, 0.15) is 13.8 Å². The van der Waals surface area contributed by atoms with Gasteiger partial charge >= 0.3 is 6.03 Å². The Morgan fingerprint density at radius 3 is 2.76 bits per heavy atom. The van der Waals surface area contributed by atoms with Gasteiger partial charge in [0.15, 0.2) is 9.92 Å². The van der Waals surface area contributed by atoms with Crippen molar-refractivity contribution in [3.05, 3.63) is 36.7 Å². The van der Waals surface area contributed by atoms with Crippen LogP contribution < -0.4 is 24.7 Å². The minimum atomic E-state index is -3.65. The molecule has 13 heteroatoms. The number of hydrogen-bond acceptors (Lipinski definition) is 8. The molecule has 3 aromatic heterocycles. The number of pyridine rings is 2. The van der Waals surface area contributed by atoms with Gasteiger partial charge in [-0.05, 0) is 17.7 Å². The number of nitrogens with one attached hydrogen (secondary N) is 1. The van der Waals surface area contributed by atoms with E-state index in [9.17, 15) is 9.00 Å². The Morgan fingerprint density at radius 1 is 1.26 bits per heavy atom. The third-order valence-electron chi connectivity index (χ3n) is 5.03. The largest absolute Gasteiger partial charge is 0.481 e. The zero-order valence-corrected chi connectivity index (χ0v) is 20.0. The number of anilines is 1. The first-order chi connectivity index (χ1) is 16.1. The minimum Gasteiger partial charge on any atom is -0.481 e. The summed E-state index contributed by atoms with van der Waals surface area (Å²) >= 11 is 0. The van der Waals surface area contributed by atoms with E-state index in [4.69, 9.17) is 19.3 Å². The standard InChI is InChI=1S/C21H25N7O5S/c1-21(2)11-28-19(33-12-21)15(10-24-28)34(22,30)27-20(29)26-18-14(5-6-16(25-18)31-3)13-7-8-23-17(9-13)32-4/h5-10H,11-12H2,1-4H3,(H3,22,25,26,27,29,30)/t34-/m1/s1. The highest BCUT2D eigenvalue weighted by Gasteiger charge is 2.32. The highest BCUT2D eigenvalue weighted by molar-refractivity contribution is 7.91. The summed E-state index contributed by atoms with van der Waals surface area (Å²) in [5.41, 5.74) is 1.07. The fourth-order valence-electron chi connectivity index (χ4n) is 3.40. The van der Waals surface area contributed by atoms with Crippen molar-refractivity contribution in [1.82, 2.24) is 19.7 Å². The molecule has 0 fully saturated rings. The van der Waals surface area contributed by atoms with E-state index in [0.29, 0.717) is 30.2 Å². The van der Waals surface area contributed by atoms with Gasteiger partial charge in [0.25, 0.3) is 0 Å². The fourth-order valence-corrected chi connectivity index (χ4v) is 4.40. The molecular weight excluding hydrogens is 462 g/mol. The van der Waals surface area contributed by atoms with Crippen LogP contribution in [0.25, 0.3) is 11.1 Å². The smallest absolute Gasteiger partial charge is 0.356 e. The molecule has 1 aliphatic heterocycles. The Morgan fingerprint density at radius 2 is 2.03 bits per heavy atom. The van der Waals surface area contributed by atoms with Gasteiger partial charge in [-0.2, -0.15) is 10.1 Å². The number of ether oxygens (including phenoxy) is 3. The predicted molar refractivity (Wildman–Crippen MR) is 124 cm³/mol. The number of nitrogens with zero attached hydrogens (tertiary/aromatic N) is 5. The molecule has 0 aliphatic carbocycles. The van der Waals surface area contributed by atoms with Crippen molar-refractivity contribution >= 4 is 21.8 Å². The van der Waals surface area contributed by atoms with Gasteiger partial charge in [0, 0.05) is 29.3 Å². The molecule has 0 saturated heterocycles. The SMILES string of the molecule is COc1cc(-c2ccc(OC)nc2NC(=O)N=[S@@](N)(=O)c2cnn3c2OCC(C)(C)C3)ccn1. The number of amides is 2. The Kier molecular flexibility index (Phi) is 6.15. The molecule has 0 bridgehead atoms. The normalized spacial score (nSPS) is 15.9. The van der Waals surface area contributed by atoms with Crippen LogP contribution in [0.4, 0.5) is 10.6 Å². The molecule has 0 unspecified atom stereocenters. The average molecular weight is 488 g/mol. The summed E-state index contributed by atoms with van der Waals surface area (Å²) in [4.78, 5) is 21.2. The van der Waals surface area contributed by atoms with Crippen molar-refractivity contribution in [3.8, 4) is 28.8 Å². The van der Waals surface area contributed by atoms with Gasteiger partial charge in [-0.3, -0.25) is 5.32 Å². The molecule has 0 saturated carbocycles. The molecule has 34 heavy (non-hydrogen) atoms. The molecule has 3 N–H and O–H groups in total. The quantitative estimate of drug-likeness (QED) is 0.556. The van der Waals surface area contributed by atoms with E-state index < -0.39 is 15.9 Å². The van der Waals surface area contributed by atoms with Gasteiger partial charge < -0.3 is 14.2 Å². The van der Waals surface area contributed by atoms with Gasteiger partial charge in [-0.25, -0.2) is 23.8 Å². The highest BCUT2D eigenvalue weighted by atomic mass is 32.2. The van der Waals surface area contributed by atoms with E-state index in [-0.39, 0.29) is 27.9 Å². The molecule has 4 heterocycles. The number of urea groups is 1. The Bertz CT molecular complexity index is 1360. The molecule has 2 amide bonds. The number of rotatable bonds is 5. The van der Waals surface area contributed by atoms with Gasteiger partial charge in [0.05, 0.1) is 33.6 Å². The van der Waals surface area contributed by atoms with Gasteiger partial charge in [-0.15, -0.1) is 4.36 Å². The van der Waals surface area contributed by atoms with E-state index in [1.165, 1.54) is 20.4 Å². The summed E-state index contributed by atoms with van der Waals surface area (Å²) in [5.74, 6) is 1.02. The number of hydrogen-bond donors (Lipinski definition) is 2. The van der Waals surface area contributed by atoms with Crippen LogP contribution in [0.15, 0.2) is 45.9 Å². The summed E-state index contributed by atoms with van der Waals surface area (Å²) in [6.45, 7) is 4.98. The van der Waals surface area contributed by atoms with Crippen LogP contribution in [0.5, 0.6) is 17.6 Å². The van der Waals surface area contributed by atoms with Gasteiger partial charge in [0.1, 0.15) is 10.7 Å². The summed E-state index contributed by atoms with van der Waals surface area (Å²) in [6, 6.07) is 5.80. The number of aromatic nitrogens is 4. The topological polar surface area (TPSA) is 156 Å². The van der Waals surface area contributed by atoms with Crippen molar-refractivity contribution in [2.45, 2.75) is 25.3 Å². The molecule has 1 aliphatic rings. The Labute approximate surface area is 196 Å². The Balaban J connectivity index is 1.66. The molecule has 0 aromatic carbocycles. The van der Waals surface area contributed by atoms with Crippen molar-refractivity contribution in [3.63, 3.8) is 0 Å². The lowest BCUT2D eigenvalue weighted by atomic mass is 9.94. The second-order valence-corrected chi connectivity index (χ2v) is 10.1. The molecule has 3 aromatic rings. The summed E-state index contributed by atoms with van der Waals surface area (Å²) in [7, 11) is -0.706. The molecule has 1 atom stereocenters. The van der Waals surface area contributed by atoms with Gasteiger partial charge in [0.2, 0.25) is 17.6 Å². The van der Waals surface area contributed by atoms with Crippen LogP contribution in [0.2, 0.25) is 0 Å². The van der Waals surface area contributed by atoms with Crippen LogP contribution in [0, 0.1) is 5.41 Å². The minimum absolute atomic E-state index is 0.0517. The van der Waals surface area contributed by atoms with Crippen molar-refractivity contribution in [2.24, 2.45) is 14.9 Å². The zero-order valence-electron chi connectivity index (χ0n) is 19.1. The van der Waals surface area contributed by atoms with Crippen LogP contribution in [-0.2, 0) is 16.5 Å². The fraction of sp³-hybridized carbons (Fsp3) is 0.333. The summed E-state index contributed by atoms with van der Waals surface area (Å²) in [5, 5.41) is 12.7. The first kappa shape index (κ1) is 23.4. The summed E-state index contributed by atoms with van der Waals surface area (Å²) in [6.07, 6.45) is 2.87. The second kappa shape index (κ2) is 8.91. The van der Waals surface area contributed by atoms with Crippen molar-refractivity contribution < 1.29 is 23.2 Å². The van der Waals surface area contributed by atoms with E-state index in [1.54, 1.807) is 35.1 Å². The molecule has 12 nitrogen and oxygen atoms in total. The van der Waals surface area contributed by atoms with E-state index in [0.717, 1.165) is 0 Å². The molecule has 0 spiro atoms. The Hall–Kier alpha value is -3.71.